The van der Waals surface area contributed by atoms with Gasteiger partial charge in [-0.05, 0) is 56.7 Å². The molecule has 0 heterocycles. The first-order valence-electron chi connectivity index (χ1n) is 8.91. The molecule has 0 saturated heterocycles. The molecular weight excluding hydrogens is 346 g/mol. The number of carbonyl (C=O) groups is 2. The lowest BCUT2D eigenvalue weighted by Crippen LogP contribution is -2.30. The van der Waals surface area contributed by atoms with E-state index in [1.165, 1.54) is 6.92 Å². The molecule has 0 fully saturated rings. The molecule has 0 aliphatic heterocycles. The summed E-state index contributed by atoms with van der Waals surface area (Å²) in [7, 11) is 0. The molecule has 0 unspecified atom stereocenters. The van der Waals surface area contributed by atoms with Gasteiger partial charge in [-0.3, -0.25) is 9.59 Å². The average Bonchev–Trinajstić information content (AvgIpc) is 2.65. The van der Waals surface area contributed by atoms with Gasteiger partial charge in [0.1, 0.15) is 11.5 Å². The zero-order chi connectivity index (χ0) is 19.6. The van der Waals surface area contributed by atoms with Gasteiger partial charge in [-0.1, -0.05) is 18.2 Å². The second kappa shape index (κ2) is 10.2. The highest BCUT2D eigenvalue weighted by molar-refractivity contribution is 5.95. The van der Waals surface area contributed by atoms with Crippen LogP contribution >= 0.6 is 0 Å². The molecule has 1 amide bonds. The number of para-hydroxylation sites is 1. The predicted molar refractivity (Wildman–Crippen MR) is 103 cm³/mol. The molecule has 144 valence electrons. The standard InChI is InChI=1S/C21H25NO5/c1-4-25-18-11-9-17(10-12-18)22-21(24)16(3)27-20(23)13-14-26-19-8-6-5-7-15(19)2/h5-12,16H,4,13-14H2,1-3H3,(H,22,24)/t16-/m1/s1. The molecule has 2 rings (SSSR count). The fraction of sp³-hybridized carbons (Fsp3) is 0.333. The van der Waals surface area contributed by atoms with Crippen LogP contribution in [-0.4, -0.2) is 31.2 Å². The predicted octanol–water partition coefficient (Wildman–Crippen LogP) is 3.73. The molecule has 2 aromatic carbocycles. The lowest BCUT2D eigenvalue weighted by Gasteiger charge is -2.14. The zero-order valence-electron chi connectivity index (χ0n) is 15.9. The zero-order valence-corrected chi connectivity index (χ0v) is 15.9. The van der Waals surface area contributed by atoms with Crippen molar-refractivity contribution in [2.24, 2.45) is 0 Å². The van der Waals surface area contributed by atoms with Crippen molar-refractivity contribution in [1.29, 1.82) is 0 Å². The van der Waals surface area contributed by atoms with Crippen molar-refractivity contribution in [3.8, 4) is 11.5 Å². The number of hydrogen-bond acceptors (Lipinski definition) is 5. The van der Waals surface area contributed by atoms with Crippen LogP contribution < -0.4 is 14.8 Å². The number of rotatable bonds is 9. The molecule has 0 aliphatic rings. The summed E-state index contributed by atoms with van der Waals surface area (Å²) in [6, 6.07) is 14.5. The average molecular weight is 371 g/mol. The van der Waals surface area contributed by atoms with Crippen molar-refractivity contribution in [1.82, 2.24) is 0 Å². The number of aryl methyl sites for hydroxylation is 1. The first kappa shape index (κ1) is 20.3. The monoisotopic (exact) mass is 371 g/mol. The fourth-order valence-electron chi connectivity index (χ4n) is 2.32. The third-order valence-corrected chi connectivity index (χ3v) is 3.77. The smallest absolute Gasteiger partial charge is 0.310 e. The van der Waals surface area contributed by atoms with Gasteiger partial charge in [0.15, 0.2) is 6.10 Å². The van der Waals surface area contributed by atoms with E-state index in [2.05, 4.69) is 5.32 Å². The summed E-state index contributed by atoms with van der Waals surface area (Å²) in [5, 5.41) is 2.70. The van der Waals surface area contributed by atoms with Gasteiger partial charge < -0.3 is 19.5 Å². The minimum atomic E-state index is -0.900. The van der Waals surface area contributed by atoms with E-state index in [1.807, 2.05) is 38.1 Å². The number of carbonyl (C=O) groups excluding carboxylic acids is 2. The van der Waals surface area contributed by atoms with E-state index < -0.39 is 18.0 Å². The maximum atomic E-state index is 12.1. The fourth-order valence-corrected chi connectivity index (χ4v) is 2.32. The SMILES string of the molecule is CCOc1ccc(NC(=O)[C@@H](C)OC(=O)CCOc2ccccc2C)cc1. The number of nitrogens with one attached hydrogen (secondary N) is 1. The highest BCUT2D eigenvalue weighted by Crippen LogP contribution is 2.17. The Hall–Kier alpha value is -3.02. The number of ether oxygens (including phenoxy) is 3. The molecule has 6 heteroatoms. The second-order valence-electron chi connectivity index (χ2n) is 5.94. The van der Waals surface area contributed by atoms with E-state index in [0.717, 1.165) is 17.1 Å². The van der Waals surface area contributed by atoms with Crippen molar-refractivity contribution in [3.63, 3.8) is 0 Å². The Kier molecular flexibility index (Phi) is 7.67. The van der Waals surface area contributed by atoms with E-state index in [0.29, 0.717) is 12.3 Å². The number of benzene rings is 2. The summed E-state index contributed by atoms with van der Waals surface area (Å²) in [6.45, 7) is 6.13. The van der Waals surface area contributed by atoms with Gasteiger partial charge in [0.05, 0.1) is 19.6 Å². The van der Waals surface area contributed by atoms with Crippen LogP contribution in [0.3, 0.4) is 0 Å². The van der Waals surface area contributed by atoms with Crippen molar-refractivity contribution in [2.45, 2.75) is 33.3 Å². The molecule has 27 heavy (non-hydrogen) atoms. The summed E-state index contributed by atoms with van der Waals surface area (Å²) in [5.41, 5.74) is 1.60. The summed E-state index contributed by atoms with van der Waals surface area (Å²) in [6.07, 6.45) is -0.836. The first-order valence-corrected chi connectivity index (χ1v) is 8.91. The van der Waals surface area contributed by atoms with Crippen LogP contribution in [0.15, 0.2) is 48.5 Å². The van der Waals surface area contributed by atoms with Crippen molar-refractivity contribution in [3.05, 3.63) is 54.1 Å². The maximum absolute atomic E-state index is 12.1. The van der Waals surface area contributed by atoms with Crippen molar-refractivity contribution >= 4 is 17.6 Å². The summed E-state index contributed by atoms with van der Waals surface area (Å²) >= 11 is 0. The quantitative estimate of drug-likeness (QED) is 0.680. The molecule has 2 aromatic rings. The lowest BCUT2D eigenvalue weighted by molar-refractivity contribution is -0.153. The van der Waals surface area contributed by atoms with E-state index in [9.17, 15) is 9.59 Å². The molecule has 0 aliphatic carbocycles. The maximum Gasteiger partial charge on any atom is 0.310 e. The number of hydrogen-bond donors (Lipinski definition) is 1. The van der Waals surface area contributed by atoms with E-state index >= 15 is 0 Å². The van der Waals surface area contributed by atoms with Crippen LogP contribution in [0, 0.1) is 6.92 Å². The topological polar surface area (TPSA) is 73.9 Å². The molecule has 0 aromatic heterocycles. The van der Waals surface area contributed by atoms with Gasteiger partial charge in [0, 0.05) is 5.69 Å². The number of amides is 1. The molecule has 0 saturated carbocycles. The van der Waals surface area contributed by atoms with Gasteiger partial charge >= 0.3 is 5.97 Å². The van der Waals surface area contributed by atoms with Crippen molar-refractivity contribution < 1.29 is 23.8 Å². The third kappa shape index (κ3) is 6.66. The van der Waals surface area contributed by atoms with Crippen LogP contribution in [0.5, 0.6) is 11.5 Å². The van der Waals surface area contributed by atoms with Gasteiger partial charge in [0.2, 0.25) is 0 Å². The molecule has 0 spiro atoms. The second-order valence-corrected chi connectivity index (χ2v) is 5.94. The Bertz CT molecular complexity index is 757. The Morgan fingerprint density at radius 3 is 2.41 bits per heavy atom. The van der Waals surface area contributed by atoms with E-state index in [4.69, 9.17) is 14.2 Å². The molecular formula is C21H25NO5. The van der Waals surface area contributed by atoms with Gasteiger partial charge in [-0.25, -0.2) is 0 Å². The Labute approximate surface area is 159 Å². The minimum absolute atomic E-state index is 0.0645. The summed E-state index contributed by atoms with van der Waals surface area (Å²) < 4.78 is 16.1. The molecule has 1 N–H and O–H groups in total. The van der Waals surface area contributed by atoms with Crippen LogP contribution in [0.1, 0.15) is 25.8 Å². The Balaban J connectivity index is 1.74. The molecule has 6 nitrogen and oxygen atoms in total. The lowest BCUT2D eigenvalue weighted by atomic mass is 10.2. The van der Waals surface area contributed by atoms with Gasteiger partial charge in [-0.2, -0.15) is 0 Å². The van der Waals surface area contributed by atoms with Gasteiger partial charge in [-0.15, -0.1) is 0 Å². The van der Waals surface area contributed by atoms with Crippen molar-refractivity contribution in [2.75, 3.05) is 18.5 Å². The van der Waals surface area contributed by atoms with E-state index in [-0.39, 0.29) is 13.0 Å². The summed E-state index contributed by atoms with van der Waals surface area (Å²) in [5.74, 6) is 0.570. The van der Waals surface area contributed by atoms with Crippen LogP contribution in [0.2, 0.25) is 0 Å². The Morgan fingerprint density at radius 1 is 1.04 bits per heavy atom. The first-order chi connectivity index (χ1) is 13.0. The molecule has 0 bridgehead atoms. The third-order valence-electron chi connectivity index (χ3n) is 3.77. The summed E-state index contributed by atoms with van der Waals surface area (Å²) in [4.78, 5) is 24.1. The number of esters is 1. The normalized spacial score (nSPS) is 11.4. The molecule has 0 radical (unpaired) electrons. The van der Waals surface area contributed by atoms with E-state index in [1.54, 1.807) is 24.3 Å². The van der Waals surface area contributed by atoms with Crippen LogP contribution in [-0.2, 0) is 14.3 Å². The Morgan fingerprint density at radius 2 is 1.74 bits per heavy atom. The highest BCUT2D eigenvalue weighted by atomic mass is 16.5. The largest absolute Gasteiger partial charge is 0.494 e. The highest BCUT2D eigenvalue weighted by Gasteiger charge is 2.18. The minimum Gasteiger partial charge on any atom is -0.494 e. The van der Waals surface area contributed by atoms with Gasteiger partial charge in [0.25, 0.3) is 5.91 Å². The number of anilines is 1. The molecule has 1 atom stereocenters. The van der Waals surface area contributed by atoms with Crippen LogP contribution in [0.4, 0.5) is 5.69 Å². The van der Waals surface area contributed by atoms with Crippen LogP contribution in [0.25, 0.3) is 0 Å².